The molecule has 2 N–H and O–H groups in total. The number of nitrogens with zero attached hydrogens (tertiary/aromatic N) is 2. The third-order valence-electron chi connectivity index (χ3n) is 2.10. The van der Waals surface area contributed by atoms with E-state index < -0.39 is 0 Å². The van der Waals surface area contributed by atoms with Crippen LogP contribution in [0.3, 0.4) is 0 Å². The van der Waals surface area contributed by atoms with Crippen molar-refractivity contribution in [2.24, 2.45) is 5.73 Å². The third kappa shape index (κ3) is 1.61. The van der Waals surface area contributed by atoms with Crippen LogP contribution in [0.4, 0.5) is 0 Å². The van der Waals surface area contributed by atoms with E-state index >= 15 is 0 Å². The van der Waals surface area contributed by atoms with E-state index in [0.717, 1.165) is 22.7 Å². The average Bonchev–Trinajstić information content (AvgIpc) is 2.49. The smallest absolute Gasteiger partial charge is 0.0995 e. The first-order chi connectivity index (χ1) is 6.68. The van der Waals surface area contributed by atoms with Gasteiger partial charge in [0.15, 0.2) is 0 Å². The monoisotopic (exact) mass is 209 g/mol. The highest BCUT2D eigenvalue weighted by Gasteiger charge is 2.08. The second-order valence-electron chi connectivity index (χ2n) is 3.48. The SMILES string of the molecule is CC(N)Cc1ncn2cccc(Cl)c12. The number of pyridine rings is 1. The van der Waals surface area contributed by atoms with Gasteiger partial charge in [0, 0.05) is 18.7 Å². The molecule has 0 aliphatic rings. The van der Waals surface area contributed by atoms with E-state index in [1.807, 2.05) is 29.7 Å². The van der Waals surface area contributed by atoms with Crippen LogP contribution in [-0.4, -0.2) is 15.4 Å². The van der Waals surface area contributed by atoms with Crippen molar-refractivity contribution < 1.29 is 0 Å². The zero-order valence-corrected chi connectivity index (χ0v) is 8.70. The molecule has 1 unspecified atom stereocenters. The Morgan fingerprint density at radius 2 is 2.43 bits per heavy atom. The molecule has 74 valence electrons. The van der Waals surface area contributed by atoms with Crippen LogP contribution in [0.5, 0.6) is 0 Å². The van der Waals surface area contributed by atoms with Gasteiger partial charge in [-0.1, -0.05) is 11.6 Å². The molecule has 14 heavy (non-hydrogen) atoms. The van der Waals surface area contributed by atoms with E-state index in [0.29, 0.717) is 0 Å². The summed E-state index contributed by atoms with van der Waals surface area (Å²) in [6.07, 6.45) is 4.44. The molecule has 0 aromatic carbocycles. The minimum Gasteiger partial charge on any atom is -0.328 e. The van der Waals surface area contributed by atoms with Gasteiger partial charge < -0.3 is 10.1 Å². The summed E-state index contributed by atoms with van der Waals surface area (Å²) in [6.45, 7) is 1.96. The van der Waals surface area contributed by atoms with Crippen molar-refractivity contribution in [3.05, 3.63) is 35.4 Å². The van der Waals surface area contributed by atoms with Crippen molar-refractivity contribution in [1.29, 1.82) is 0 Å². The number of halogens is 1. The first-order valence-corrected chi connectivity index (χ1v) is 4.92. The van der Waals surface area contributed by atoms with Gasteiger partial charge in [-0.2, -0.15) is 0 Å². The lowest BCUT2D eigenvalue weighted by atomic mass is 10.2. The lowest BCUT2D eigenvalue weighted by Crippen LogP contribution is -2.18. The summed E-state index contributed by atoms with van der Waals surface area (Å²) >= 11 is 6.09. The number of fused-ring (bicyclic) bond motifs is 1. The van der Waals surface area contributed by atoms with Gasteiger partial charge in [-0.3, -0.25) is 0 Å². The van der Waals surface area contributed by atoms with Crippen molar-refractivity contribution in [2.75, 3.05) is 0 Å². The summed E-state index contributed by atoms with van der Waals surface area (Å²) in [5, 5.41) is 0.723. The van der Waals surface area contributed by atoms with Crippen LogP contribution in [0.2, 0.25) is 5.02 Å². The molecule has 2 heterocycles. The molecule has 0 fully saturated rings. The lowest BCUT2D eigenvalue weighted by Gasteiger charge is -2.03. The largest absolute Gasteiger partial charge is 0.328 e. The summed E-state index contributed by atoms with van der Waals surface area (Å²) in [6, 6.07) is 3.86. The zero-order valence-electron chi connectivity index (χ0n) is 7.94. The number of imidazole rings is 1. The summed E-state index contributed by atoms with van der Waals surface area (Å²) in [5.41, 5.74) is 7.66. The molecule has 3 nitrogen and oxygen atoms in total. The predicted octanol–water partition coefficient (Wildman–Crippen LogP) is 1.88. The fourth-order valence-electron chi connectivity index (χ4n) is 1.53. The lowest BCUT2D eigenvalue weighted by molar-refractivity contribution is 0.729. The fourth-order valence-corrected chi connectivity index (χ4v) is 1.81. The second-order valence-corrected chi connectivity index (χ2v) is 3.89. The minimum atomic E-state index is 0.102. The molecule has 0 bridgehead atoms. The highest BCUT2D eigenvalue weighted by Crippen LogP contribution is 2.20. The Kier molecular flexibility index (Phi) is 2.44. The van der Waals surface area contributed by atoms with Crippen molar-refractivity contribution in [3.63, 3.8) is 0 Å². The van der Waals surface area contributed by atoms with Crippen LogP contribution in [0, 0.1) is 0 Å². The third-order valence-corrected chi connectivity index (χ3v) is 2.41. The van der Waals surface area contributed by atoms with Gasteiger partial charge in [0.05, 0.1) is 22.6 Å². The molecule has 0 aliphatic carbocycles. The number of nitrogens with two attached hydrogens (primary N) is 1. The summed E-state index contributed by atoms with van der Waals surface area (Å²) in [4.78, 5) is 4.29. The molecule has 0 radical (unpaired) electrons. The predicted molar refractivity (Wildman–Crippen MR) is 57.6 cm³/mol. The molecule has 2 rings (SSSR count). The quantitative estimate of drug-likeness (QED) is 0.821. The van der Waals surface area contributed by atoms with E-state index in [4.69, 9.17) is 17.3 Å². The maximum atomic E-state index is 6.09. The number of hydrogen-bond donors (Lipinski definition) is 1. The molecule has 4 heteroatoms. The van der Waals surface area contributed by atoms with E-state index in [9.17, 15) is 0 Å². The molecule has 0 saturated heterocycles. The van der Waals surface area contributed by atoms with Crippen LogP contribution in [0.1, 0.15) is 12.6 Å². The van der Waals surface area contributed by atoms with Gasteiger partial charge in [0.25, 0.3) is 0 Å². The molecular formula is C10H12ClN3. The molecule has 0 saturated carbocycles. The van der Waals surface area contributed by atoms with Crippen LogP contribution in [0.15, 0.2) is 24.7 Å². The van der Waals surface area contributed by atoms with Gasteiger partial charge in [-0.15, -0.1) is 0 Å². The van der Waals surface area contributed by atoms with E-state index in [1.54, 1.807) is 6.33 Å². The number of aromatic nitrogens is 2. The summed E-state index contributed by atoms with van der Waals surface area (Å²) in [5.74, 6) is 0. The van der Waals surface area contributed by atoms with Crippen LogP contribution >= 0.6 is 11.6 Å². The highest BCUT2D eigenvalue weighted by molar-refractivity contribution is 6.33. The number of hydrogen-bond acceptors (Lipinski definition) is 2. The Balaban J connectivity index is 2.55. The normalized spacial score (nSPS) is 13.4. The molecule has 0 spiro atoms. The van der Waals surface area contributed by atoms with E-state index in [1.165, 1.54) is 0 Å². The Morgan fingerprint density at radius 3 is 3.14 bits per heavy atom. The van der Waals surface area contributed by atoms with Gasteiger partial charge >= 0.3 is 0 Å². The van der Waals surface area contributed by atoms with Crippen LogP contribution in [-0.2, 0) is 6.42 Å². The van der Waals surface area contributed by atoms with Crippen molar-refractivity contribution in [2.45, 2.75) is 19.4 Å². The second kappa shape index (κ2) is 3.59. The van der Waals surface area contributed by atoms with E-state index in [-0.39, 0.29) is 6.04 Å². The average molecular weight is 210 g/mol. The molecule has 0 amide bonds. The Morgan fingerprint density at radius 1 is 1.64 bits per heavy atom. The van der Waals surface area contributed by atoms with Gasteiger partial charge in [-0.25, -0.2) is 4.98 Å². The Labute approximate surface area is 87.5 Å². The molecule has 1 atom stereocenters. The molecule has 2 aromatic heterocycles. The van der Waals surface area contributed by atoms with Gasteiger partial charge in [0.2, 0.25) is 0 Å². The summed E-state index contributed by atoms with van der Waals surface area (Å²) in [7, 11) is 0. The Bertz CT molecular complexity index is 448. The Hall–Kier alpha value is -1.06. The topological polar surface area (TPSA) is 43.3 Å². The van der Waals surface area contributed by atoms with Crippen LogP contribution < -0.4 is 5.73 Å². The molecule has 2 aromatic rings. The van der Waals surface area contributed by atoms with Crippen molar-refractivity contribution >= 4 is 17.1 Å². The van der Waals surface area contributed by atoms with Crippen molar-refractivity contribution in [3.8, 4) is 0 Å². The first kappa shape index (κ1) is 9.49. The van der Waals surface area contributed by atoms with Crippen LogP contribution in [0.25, 0.3) is 5.52 Å². The maximum Gasteiger partial charge on any atom is 0.0995 e. The van der Waals surface area contributed by atoms with Gasteiger partial charge in [-0.05, 0) is 19.1 Å². The first-order valence-electron chi connectivity index (χ1n) is 4.54. The maximum absolute atomic E-state index is 6.09. The minimum absolute atomic E-state index is 0.102. The van der Waals surface area contributed by atoms with E-state index in [2.05, 4.69) is 4.98 Å². The van der Waals surface area contributed by atoms with Crippen molar-refractivity contribution in [1.82, 2.24) is 9.38 Å². The number of rotatable bonds is 2. The summed E-state index contributed by atoms with van der Waals surface area (Å²) < 4.78 is 1.92. The standard InChI is InChI=1S/C10H12ClN3/c1-7(12)5-9-10-8(11)3-2-4-14(10)6-13-9/h2-4,6-7H,5,12H2,1H3. The highest BCUT2D eigenvalue weighted by atomic mass is 35.5. The fraction of sp³-hybridized carbons (Fsp3) is 0.300. The molecular weight excluding hydrogens is 198 g/mol. The molecule has 0 aliphatic heterocycles. The van der Waals surface area contributed by atoms with Gasteiger partial charge in [0.1, 0.15) is 0 Å². The zero-order chi connectivity index (χ0) is 10.1.